The molecule has 0 aromatic heterocycles. The van der Waals surface area contributed by atoms with Gasteiger partial charge in [-0.1, -0.05) is 6.92 Å². The minimum Gasteiger partial charge on any atom is -0.468 e. The standard InChI is InChI=1S/C12H21NO3S/c1-9-6-12(8-17-9,11(14)15-2)13-7-10-4-3-5-16-10/h9-10,13H,3-8H2,1-2H3. The summed E-state index contributed by atoms with van der Waals surface area (Å²) < 4.78 is 10.5. The third kappa shape index (κ3) is 2.95. The van der Waals surface area contributed by atoms with Gasteiger partial charge in [0.05, 0.1) is 13.2 Å². The van der Waals surface area contributed by atoms with Crippen LogP contribution >= 0.6 is 11.8 Å². The summed E-state index contributed by atoms with van der Waals surface area (Å²) in [6.07, 6.45) is 3.32. The largest absolute Gasteiger partial charge is 0.468 e. The molecule has 0 aliphatic carbocycles. The molecule has 2 aliphatic heterocycles. The number of carbonyl (C=O) groups excluding carboxylic acids is 1. The summed E-state index contributed by atoms with van der Waals surface area (Å²) in [6.45, 7) is 3.76. The summed E-state index contributed by atoms with van der Waals surface area (Å²) >= 11 is 1.83. The Morgan fingerprint density at radius 2 is 2.47 bits per heavy atom. The van der Waals surface area contributed by atoms with Gasteiger partial charge in [0.15, 0.2) is 0 Å². The van der Waals surface area contributed by atoms with Gasteiger partial charge >= 0.3 is 5.97 Å². The Hall–Kier alpha value is -0.260. The van der Waals surface area contributed by atoms with Crippen molar-refractivity contribution in [1.29, 1.82) is 0 Å². The van der Waals surface area contributed by atoms with Gasteiger partial charge in [-0.3, -0.25) is 10.1 Å². The van der Waals surface area contributed by atoms with Crippen LogP contribution in [0, 0.1) is 0 Å². The highest BCUT2D eigenvalue weighted by Crippen LogP contribution is 2.35. The Bertz CT molecular complexity index is 281. The Kier molecular flexibility index (Phi) is 4.33. The molecule has 0 aromatic carbocycles. The molecule has 3 unspecified atom stereocenters. The first-order chi connectivity index (χ1) is 8.16. The Morgan fingerprint density at radius 3 is 3.00 bits per heavy atom. The van der Waals surface area contributed by atoms with E-state index >= 15 is 0 Å². The van der Waals surface area contributed by atoms with Crippen molar-refractivity contribution in [1.82, 2.24) is 5.32 Å². The molecule has 0 aromatic rings. The van der Waals surface area contributed by atoms with Gasteiger partial charge in [-0.25, -0.2) is 0 Å². The van der Waals surface area contributed by atoms with Gasteiger partial charge in [-0.05, 0) is 19.3 Å². The molecule has 2 aliphatic rings. The van der Waals surface area contributed by atoms with Crippen molar-refractivity contribution in [2.75, 3.05) is 26.0 Å². The lowest BCUT2D eigenvalue weighted by molar-refractivity contribution is -0.147. The summed E-state index contributed by atoms with van der Waals surface area (Å²) in [5.74, 6) is 0.667. The van der Waals surface area contributed by atoms with Gasteiger partial charge in [-0.15, -0.1) is 0 Å². The molecule has 0 saturated carbocycles. The Morgan fingerprint density at radius 1 is 1.65 bits per heavy atom. The zero-order valence-electron chi connectivity index (χ0n) is 10.5. The molecule has 4 nitrogen and oxygen atoms in total. The fourth-order valence-corrected chi connectivity index (χ4v) is 3.85. The highest BCUT2D eigenvalue weighted by Gasteiger charge is 2.45. The van der Waals surface area contributed by atoms with Crippen molar-refractivity contribution in [3.8, 4) is 0 Å². The molecule has 98 valence electrons. The summed E-state index contributed by atoms with van der Waals surface area (Å²) in [5.41, 5.74) is -0.495. The van der Waals surface area contributed by atoms with Gasteiger partial charge < -0.3 is 9.47 Å². The first-order valence-corrected chi connectivity index (χ1v) is 7.28. The van der Waals surface area contributed by atoms with E-state index in [9.17, 15) is 4.79 Å². The first kappa shape index (κ1) is 13.2. The molecule has 0 amide bonds. The van der Waals surface area contributed by atoms with Crippen molar-refractivity contribution in [3.05, 3.63) is 0 Å². The van der Waals surface area contributed by atoms with E-state index in [1.165, 1.54) is 7.11 Å². The molecule has 17 heavy (non-hydrogen) atoms. The van der Waals surface area contributed by atoms with E-state index in [1.807, 2.05) is 11.8 Å². The van der Waals surface area contributed by atoms with E-state index < -0.39 is 5.54 Å². The quantitative estimate of drug-likeness (QED) is 0.769. The van der Waals surface area contributed by atoms with Crippen molar-refractivity contribution in [2.45, 2.75) is 43.1 Å². The second-order valence-electron chi connectivity index (χ2n) is 4.92. The maximum atomic E-state index is 11.9. The monoisotopic (exact) mass is 259 g/mol. The van der Waals surface area contributed by atoms with Crippen LogP contribution in [0.15, 0.2) is 0 Å². The molecule has 3 atom stereocenters. The average molecular weight is 259 g/mol. The second kappa shape index (κ2) is 5.59. The zero-order chi connectivity index (χ0) is 12.3. The molecular weight excluding hydrogens is 238 g/mol. The smallest absolute Gasteiger partial charge is 0.326 e. The van der Waals surface area contributed by atoms with Gasteiger partial charge in [0.2, 0.25) is 0 Å². The van der Waals surface area contributed by atoms with E-state index in [0.29, 0.717) is 5.25 Å². The predicted octanol–water partition coefficient (Wildman–Crippen LogP) is 1.19. The topological polar surface area (TPSA) is 47.6 Å². The number of rotatable bonds is 4. The SMILES string of the molecule is COC(=O)C1(NCC2CCCO2)CSC(C)C1. The highest BCUT2D eigenvalue weighted by atomic mass is 32.2. The molecule has 2 rings (SSSR count). The number of ether oxygens (including phenoxy) is 2. The lowest BCUT2D eigenvalue weighted by Crippen LogP contribution is -2.55. The van der Waals surface area contributed by atoms with E-state index in [0.717, 1.165) is 38.2 Å². The molecule has 0 bridgehead atoms. The third-order valence-corrected chi connectivity index (χ3v) is 4.91. The van der Waals surface area contributed by atoms with Crippen LogP contribution in [0.25, 0.3) is 0 Å². The summed E-state index contributed by atoms with van der Waals surface area (Å²) in [6, 6.07) is 0. The van der Waals surface area contributed by atoms with E-state index in [2.05, 4.69) is 12.2 Å². The third-order valence-electron chi connectivity index (χ3n) is 3.52. The number of hydrogen-bond acceptors (Lipinski definition) is 5. The van der Waals surface area contributed by atoms with Gasteiger partial charge in [0.25, 0.3) is 0 Å². The molecule has 2 fully saturated rings. The number of carbonyl (C=O) groups is 1. The number of methoxy groups -OCH3 is 1. The fraction of sp³-hybridized carbons (Fsp3) is 0.917. The van der Waals surface area contributed by atoms with Crippen LogP contribution in [0.3, 0.4) is 0 Å². The van der Waals surface area contributed by atoms with E-state index in [-0.39, 0.29) is 12.1 Å². The van der Waals surface area contributed by atoms with Crippen LogP contribution in [0.4, 0.5) is 0 Å². The van der Waals surface area contributed by atoms with Crippen LogP contribution in [-0.2, 0) is 14.3 Å². The Balaban J connectivity index is 1.93. The predicted molar refractivity (Wildman–Crippen MR) is 68.3 cm³/mol. The minimum atomic E-state index is -0.495. The van der Waals surface area contributed by atoms with Gasteiger partial charge in [-0.2, -0.15) is 11.8 Å². The molecule has 5 heteroatoms. The van der Waals surface area contributed by atoms with Crippen molar-refractivity contribution in [2.24, 2.45) is 0 Å². The summed E-state index contributed by atoms with van der Waals surface area (Å²) in [7, 11) is 1.46. The van der Waals surface area contributed by atoms with Crippen molar-refractivity contribution in [3.63, 3.8) is 0 Å². The molecule has 0 radical (unpaired) electrons. The average Bonchev–Trinajstić information content (AvgIpc) is 2.95. The highest BCUT2D eigenvalue weighted by molar-refractivity contribution is 8.00. The minimum absolute atomic E-state index is 0.132. The molecule has 2 heterocycles. The molecule has 2 saturated heterocycles. The zero-order valence-corrected chi connectivity index (χ0v) is 11.3. The molecule has 1 N–H and O–H groups in total. The number of esters is 1. The van der Waals surface area contributed by atoms with Crippen LogP contribution in [-0.4, -0.2) is 48.9 Å². The Labute approximate surface area is 107 Å². The second-order valence-corrected chi connectivity index (χ2v) is 6.34. The molecular formula is C12H21NO3S. The number of hydrogen-bond donors (Lipinski definition) is 1. The maximum absolute atomic E-state index is 11.9. The lowest BCUT2D eigenvalue weighted by Gasteiger charge is -2.28. The summed E-state index contributed by atoms with van der Waals surface area (Å²) in [5, 5.41) is 3.90. The maximum Gasteiger partial charge on any atom is 0.326 e. The van der Waals surface area contributed by atoms with Crippen molar-refractivity contribution >= 4 is 17.7 Å². The van der Waals surface area contributed by atoms with Crippen LogP contribution in [0.1, 0.15) is 26.2 Å². The number of nitrogens with one attached hydrogen (secondary N) is 1. The van der Waals surface area contributed by atoms with Crippen molar-refractivity contribution < 1.29 is 14.3 Å². The van der Waals surface area contributed by atoms with E-state index in [1.54, 1.807) is 0 Å². The normalized spacial score (nSPS) is 37.3. The van der Waals surface area contributed by atoms with Crippen LogP contribution in [0.5, 0.6) is 0 Å². The van der Waals surface area contributed by atoms with Gasteiger partial charge in [0, 0.05) is 24.2 Å². The first-order valence-electron chi connectivity index (χ1n) is 6.23. The van der Waals surface area contributed by atoms with E-state index in [4.69, 9.17) is 9.47 Å². The van der Waals surface area contributed by atoms with Crippen LogP contribution < -0.4 is 5.32 Å². The van der Waals surface area contributed by atoms with Gasteiger partial charge in [0.1, 0.15) is 5.54 Å². The number of thioether (sulfide) groups is 1. The summed E-state index contributed by atoms with van der Waals surface area (Å²) in [4.78, 5) is 11.9. The molecule has 0 spiro atoms. The van der Waals surface area contributed by atoms with Crippen LogP contribution in [0.2, 0.25) is 0 Å². The lowest BCUT2D eigenvalue weighted by atomic mass is 9.96. The fourth-order valence-electron chi connectivity index (χ4n) is 2.54.